The highest BCUT2D eigenvalue weighted by Crippen LogP contribution is 2.37. The van der Waals surface area contributed by atoms with E-state index in [-0.39, 0.29) is 10.8 Å². The minimum absolute atomic E-state index is 0.0672. The molecule has 0 atom stereocenters. The molecule has 2 aliphatic rings. The lowest BCUT2D eigenvalue weighted by molar-refractivity contribution is -0.116. The van der Waals surface area contributed by atoms with Crippen LogP contribution in [-0.2, 0) is 19.6 Å². The van der Waals surface area contributed by atoms with Crippen molar-refractivity contribution in [3.05, 3.63) is 18.2 Å². The van der Waals surface area contributed by atoms with Crippen LogP contribution in [0.2, 0.25) is 0 Å². The zero-order valence-corrected chi connectivity index (χ0v) is 14.0. The molecule has 1 aromatic carbocycles. The van der Waals surface area contributed by atoms with E-state index in [0.717, 1.165) is 10.6 Å². The van der Waals surface area contributed by atoms with Crippen molar-refractivity contribution in [2.75, 3.05) is 43.5 Å². The number of thioether (sulfide) groups is 1. The van der Waals surface area contributed by atoms with Gasteiger partial charge in [0.05, 0.1) is 23.8 Å². The first-order valence-corrected chi connectivity index (χ1v) is 9.55. The Morgan fingerprint density at radius 2 is 1.95 bits per heavy atom. The maximum atomic E-state index is 12.7. The summed E-state index contributed by atoms with van der Waals surface area (Å²) in [5, 5.41) is 0. The number of rotatable bonds is 2. The van der Waals surface area contributed by atoms with E-state index in [2.05, 4.69) is 0 Å². The van der Waals surface area contributed by atoms with Crippen LogP contribution in [0.15, 0.2) is 28.0 Å². The summed E-state index contributed by atoms with van der Waals surface area (Å²) >= 11 is 1.64. The maximum Gasteiger partial charge on any atom is 0.243 e. The lowest BCUT2D eigenvalue weighted by Crippen LogP contribution is -2.40. The largest absolute Gasteiger partial charge is 0.379 e. The van der Waals surface area contributed by atoms with Crippen LogP contribution in [0.1, 0.15) is 6.92 Å². The van der Waals surface area contributed by atoms with E-state index in [0.29, 0.717) is 38.5 Å². The van der Waals surface area contributed by atoms with Gasteiger partial charge in [-0.3, -0.25) is 4.79 Å². The molecule has 22 heavy (non-hydrogen) atoms. The second-order valence-corrected chi connectivity index (χ2v) is 8.24. The monoisotopic (exact) mass is 342 g/mol. The van der Waals surface area contributed by atoms with Gasteiger partial charge in [0.2, 0.25) is 15.9 Å². The van der Waals surface area contributed by atoms with Gasteiger partial charge in [-0.25, -0.2) is 8.42 Å². The second kappa shape index (κ2) is 6.19. The van der Waals surface area contributed by atoms with E-state index in [1.165, 1.54) is 11.2 Å². The van der Waals surface area contributed by atoms with Crippen molar-refractivity contribution in [2.24, 2.45) is 0 Å². The predicted octanol–water partition coefficient (Wildman–Crippen LogP) is 1.17. The van der Waals surface area contributed by atoms with Crippen molar-refractivity contribution >= 4 is 33.4 Å². The number of ether oxygens (including phenoxy) is 1. The molecule has 0 unspecified atom stereocenters. The van der Waals surface area contributed by atoms with E-state index in [1.807, 2.05) is 0 Å². The summed E-state index contributed by atoms with van der Waals surface area (Å²) in [4.78, 5) is 14.6. The molecule has 0 aromatic heterocycles. The number of carbonyl (C=O) groups is 1. The van der Waals surface area contributed by atoms with Gasteiger partial charge in [-0.1, -0.05) is 0 Å². The van der Waals surface area contributed by atoms with Gasteiger partial charge in [0.1, 0.15) is 0 Å². The molecular formula is C14H18N2O4S2. The van der Waals surface area contributed by atoms with Gasteiger partial charge in [-0.15, -0.1) is 11.8 Å². The van der Waals surface area contributed by atoms with Crippen LogP contribution >= 0.6 is 11.8 Å². The number of hydrogen-bond acceptors (Lipinski definition) is 5. The molecule has 2 aliphatic heterocycles. The van der Waals surface area contributed by atoms with Gasteiger partial charge in [-0.05, 0) is 18.2 Å². The number of benzene rings is 1. The van der Waals surface area contributed by atoms with Crippen LogP contribution in [0.4, 0.5) is 5.69 Å². The van der Waals surface area contributed by atoms with E-state index >= 15 is 0 Å². The average molecular weight is 342 g/mol. The summed E-state index contributed by atoms with van der Waals surface area (Å²) in [5.74, 6) is 0.754. The zero-order chi connectivity index (χ0) is 15.7. The number of nitrogens with zero attached hydrogens (tertiary/aromatic N) is 2. The average Bonchev–Trinajstić information content (AvgIpc) is 2.54. The van der Waals surface area contributed by atoms with Gasteiger partial charge in [0.15, 0.2) is 0 Å². The highest BCUT2D eigenvalue weighted by atomic mass is 32.2. The summed E-state index contributed by atoms with van der Waals surface area (Å²) in [5.41, 5.74) is 0.693. The molecule has 1 aromatic rings. The number of amides is 1. The molecule has 1 amide bonds. The number of sulfonamides is 1. The number of fused-ring (bicyclic) bond motifs is 1. The van der Waals surface area contributed by atoms with Crippen molar-refractivity contribution < 1.29 is 17.9 Å². The molecule has 0 bridgehead atoms. The fourth-order valence-corrected chi connectivity index (χ4v) is 5.02. The molecule has 0 aliphatic carbocycles. The van der Waals surface area contributed by atoms with Crippen molar-refractivity contribution in [3.63, 3.8) is 0 Å². The van der Waals surface area contributed by atoms with E-state index < -0.39 is 10.0 Å². The lowest BCUT2D eigenvalue weighted by Gasteiger charge is -2.30. The zero-order valence-electron chi connectivity index (χ0n) is 12.3. The Kier molecular flexibility index (Phi) is 4.44. The molecule has 1 saturated heterocycles. The van der Waals surface area contributed by atoms with Gasteiger partial charge in [0.25, 0.3) is 0 Å². The third-order valence-corrected chi connectivity index (χ3v) is 6.72. The first-order chi connectivity index (χ1) is 10.5. The Balaban J connectivity index is 1.98. The highest BCUT2D eigenvalue weighted by Gasteiger charge is 2.29. The first-order valence-electron chi connectivity index (χ1n) is 7.13. The summed E-state index contributed by atoms with van der Waals surface area (Å²) in [6, 6.07) is 5.04. The molecule has 1 fully saturated rings. The fraction of sp³-hybridized carbons (Fsp3) is 0.500. The Bertz CT molecular complexity index is 684. The normalized spacial score (nSPS) is 19.8. The topological polar surface area (TPSA) is 66.9 Å². The van der Waals surface area contributed by atoms with E-state index in [1.54, 1.807) is 34.9 Å². The van der Waals surface area contributed by atoms with Gasteiger partial charge >= 0.3 is 0 Å². The Hall–Kier alpha value is -1.09. The van der Waals surface area contributed by atoms with Gasteiger partial charge in [-0.2, -0.15) is 4.31 Å². The maximum absolute atomic E-state index is 12.7. The van der Waals surface area contributed by atoms with Gasteiger partial charge < -0.3 is 9.64 Å². The van der Waals surface area contributed by atoms with Crippen LogP contribution in [0, 0.1) is 0 Å². The molecule has 2 heterocycles. The van der Waals surface area contributed by atoms with Crippen LogP contribution < -0.4 is 4.90 Å². The van der Waals surface area contributed by atoms with Crippen molar-refractivity contribution in [1.82, 2.24) is 4.31 Å². The number of morpholine rings is 1. The summed E-state index contributed by atoms with van der Waals surface area (Å²) in [7, 11) is -3.54. The number of carbonyl (C=O) groups excluding carboxylic acids is 1. The Morgan fingerprint density at radius 1 is 1.23 bits per heavy atom. The molecule has 0 radical (unpaired) electrons. The lowest BCUT2D eigenvalue weighted by atomic mass is 10.2. The highest BCUT2D eigenvalue weighted by molar-refractivity contribution is 7.99. The second-order valence-electron chi connectivity index (χ2n) is 5.17. The molecule has 120 valence electrons. The smallest absolute Gasteiger partial charge is 0.243 e. The Labute approximate surface area is 134 Å². The van der Waals surface area contributed by atoms with Crippen molar-refractivity contribution in [2.45, 2.75) is 16.7 Å². The SMILES string of the molecule is CC(=O)N1CCSc2ccc(S(=O)(=O)N3CCOCC3)cc21. The molecule has 0 saturated carbocycles. The summed E-state index contributed by atoms with van der Waals surface area (Å²) in [6.45, 7) is 3.67. The molecule has 8 heteroatoms. The van der Waals surface area contributed by atoms with Crippen LogP contribution in [-0.4, -0.2) is 57.2 Å². The number of hydrogen-bond donors (Lipinski definition) is 0. The van der Waals surface area contributed by atoms with E-state index in [9.17, 15) is 13.2 Å². The molecular weight excluding hydrogens is 324 g/mol. The quantitative estimate of drug-likeness (QED) is 0.807. The predicted molar refractivity (Wildman–Crippen MR) is 84.8 cm³/mol. The Morgan fingerprint density at radius 3 is 2.64 bits per heavy atom. The molecule has 6 nitrogen and oxygen atoms in total. The molecule has 0 N–H and O–H groups in total. The standard InChI is InChI=1S/C14H18N2O4S2/c1-11(17)16-6-9-21-14-3-2-12(10-13(14)16)22(18,19)15-4-7-20-8-5-15/h2-3,10H,4-9H2,1H3. The number of anilines is 1. The summed E-state index contributed by atoms with van der Waals surface area (Å²) in [6.07, 6.45) is 0. The molecule has 0 spiro atoms. The van der Waals surface area contributed by atoms with Crippen LogP contribution in [0.5, 0.6) is 0 Å². The van der Waals surface area contributed by atoms with E-state index in [4.69, 9.17) is 4.74 Å². The minimum Gasteiger partial charge on any atom is -0.379 e. The van der Waals surface area contributed by atoms with Crippen molar-refractivity contribution in [1.29, 1.82) is 0 Å². The summed E-state index contributed by atoms with van der Waals surface area (Å²) < 4.78 is 32.1. The first kappa shape index (κ1) is 15.8. The molecule has 3 rings (SSSR count). The van der Waals surface area contributed by atoms with Gasteiger partial charge in [0, 0.05) is 37.2 Å². The fourth-order valence-electron chi connectivity index (χ4n) is 2.62. The minimum atomic E-state index is -3.54. The van der Waals surface area contributed by atoms with Crippen molar-refractivity contribution in [3.8, 4) is 0 Å². The van der Waals surface area contributed by atoms with Crippen LogP contribution in [0.25, 0.3) is 0 Å². The van der Waals surface area contributed by atoms with Crippen LogP contribution in [0.3, 0.4) is 0 Å². The third kappa shape index (κ3) is 2.88. The third-order valence-electron chi connectivity index (χ3n) is 3.78.